The molecule has 0 atom stereocenters. The van der Waals surface area contributed by atoms with Gasteiger partial charge in [-0.3, -0.25) is 0 Å². The fourth-order valence-electron chi connectivity index (χ4n) is 1.06. The summed E-state index contributed by atoms with van der Waals surface area (Å²) in [6.45, 7) is 14.2. The number of hydrogen-bond donors (Lipinski definition) is 0. The maximum atomic E-state index is 2.37. The molecular weight excluding hydrogens is 517 g/mol. The molecule has 0 rings (SSSR count). The van der Waals surface area contributed by atoms with E-state index >= 15 is 0 Å². The Morgan fingerprint density at radius 2 is 0.556 bits per heavy atom. The largest absolute Gasteiger partial charge is 0.0751 e. The molecule has 0 amide bonds. The van der Waals surface area contributed by atoms with E-state index in [-0.39, 0.29) is 8.56 Å². The van der Waals surface area contributed by atoms with Gasteiger partial charge in [0.15, 0.2) is 0 Å². The molecule has 0 N–H and O–H groups in total. The second kappa shape index (κ2) is 70.3. The highest BCUT2D eigenvalue weighted by Gasteiger charge is 1.70. The first-order chi connectivity index (χ1) is 13.0. The third-order valence-electron chi connectivity index (χ3n) is 3.62. The monoisotopic (exact) mass is 594 g/mol. The summed E-state index contributed by atoms with van der Waals surface area (Å²) in [6.07, 6.45) is 0. The minimum absolute atomic E-state index is 0. The van der Waals surface area contributed by atoms with Crippen molar-refractivity contribution < 1.29 is 8.56 Å². The molecule has 0 fully saturated rings. The summed E-state index contributed by atoms with van der Waals surface area (Å²) in [5.41, 5.74) is 4.79. The third-order valence-corrected chi connectivity index (χ3v) is 26.2. The lowest BCUT2D eigenvalue weighted by atomic mass is 11.0. The quantitative estimate of drug-likeness (QED) is 0.243. The molecule has 0 nitrogen and oxygen atoms in total. The van der Waals surface area contributed by atoms with Crippen LogP contribution in [0, 0.1) is 0 Å². The maximum Gasteiger partial charge on any atom is 0.0163 e. The molecule has 0 aromatic heterocycles. The van der Waals surface area contributed by atoms with Crippen molar-refractivity contribution in [3.63, 3.8) is 0 Å². The topological polar surface area (TPSA) is 0 Å². The smallest absolute Gasteiger partial charge is 0.0163 e. The van der Waals surface area contributed by atoms with Gasteiger partial charge in [0.2, 0.25) is 0 Å². The Kier molecular flexibility index (Phi) is 113. The zero-order chi connectivity index (χ0) is 22.6. The summed E-state index contributed by atoms with van der Waals surface area (Å²) in [6, 6.07) is 9.40. The van der Waals surface area contributed by atoms with Gasteiger partial charge in [-0.05, 0) is 30.7 Å². The Morgan fingerprint density at radius 1 is 0.407 bits per heavy atom. The first-order valence-corrected chi connectivity index (χ1v) is 36.0. The van der Waals surface area contributed by atoms with Gasteiger partial charge in [0, 0.05) is 96.4 Å². The molecular formula is C15H78Si12. The fourth-order valence-corrected chi connectivity index (χ4v) is 9.55. The number of rotatable bonds is 9. The molecule has 0 aliphatic heterocycles. The summed E-state index contributed by atoms with van der Waals surface area (Å²) in [4.78, 5) is 0. The first-order valence-electron chi connectivity index (χ1n) is 13.0. The van der Waals surface area contributed by atoms with E-state index in [1.807, 2.05) is 0 Å². The van der Waals surface area contributed by atoms with Crippen LogP contribution < -0.4 is 0 Å². The second-order valence-corrected chi connectivity index (χ2v) is 30.2. The first kappa shape index (κ1) is 43.5. The third kappa shape index (κ3) is 150. The standard InChI is InChI=1S/3C3H12Si2.3C2H10Si2.6H2/c3*1-5-3-2-4;3*1-4-2-3;;;;;;/h3*2-3,5H2,1,4H3;3*2,4H2,1,3H3;6*1H. The van der Waals surface area contributed by atoms with Crippen LogP contribution in [0.5, 0.6) is 0 Å². The Bertz CT molecular complexity index is 131. The van der Waals surface area contributed by atoms with E-state index in [1.165, 1.54) is 61.5 Å². The zero-order valence-electron chi connectivity index (χ0n) is 22.6. The van der Waals surface area contributed by atoms with E-state index < -0.39 is 0 Å². The van der Waals surface area contributed by atoms with Crippen molar-refractivity contribution in [2.75, 3.05) is 0 Å². The number of hydrogen-bond acceptors (Lipinski definition) is 0. The van der Waals surface area contributed by atoms with Crippen LogP contribution in [0.2, 0.25) is 92.5 Å². The minimum atomic E-state index is 0. The molecule has 0 heterocycles. The van der Waals surface area contributed by atoms with Gasteiger partial charge in [0.1, 0.15) is 0 Å². The van der Waals surface area contributed by atoms with Gasteiger partial charge < -0.3 is 0 Å². The van der Waals surface area contributed by atoms with Crippen LogP contribution in [-0.4, -0.2) is 119 Å². The summed E-state index contributed by atoms with van der Waals surface area (Å²) < 4.78 is 0. The highest BCUT2D eigenvalue weighted by atomic mass is 28.3. The van der Waals surface area contributed by atoms with Crippen molar-refractivity contribution in [2.24, 2.45) is 0 Å². The lowest BCUT2D eigenvalue weighted by Gasteiger charge is -1.77. The Hall–Kier alpha value is 2.60. The zero-order valence-corrected chi connectivity index (χ0v) is 43.1. The Labute approximate surface area is 218 Å². The average molecular weight is 596 g/mol. The van der Waals surface area contributed by atoms with Gasteiger partial charge in [-0.2, -0.15) is 0 Å². The molecule has 0 aromatic rings. The summed E-state index contributed by atoms with van der Waals surface area (Å²) in [7, 11) is 11.5. The van der Waals surface area contributed by atoms with Gasteiger partial charge >= 0.3 is 0 Å². The van der Waals surface area contributed by atoms with E-state index in [0.29, 0.717) is 57.1 Å². The molecule has 27 heavy (non-hydrogen) atoms. The van der Waals surface area contributed by atoms with E-state index in [2.05, 4.69) is 39.3 Å². The van der Waals surface area contributed by atoms with Crippen molar-refractivity contribution in [3.05, 3.63) is 0 Å². The molecule has 186 valence electrons. The summed E-state index contributed by atoms with van der Waals surface area (Å²) in [5, 5.41) is 0. The van der Waals surface area contributed by atoms with Crippen molar-refractivity contribution >= 4 is 119 Å². The molecule has 0 saturated heterocycles. The van der Waals surface area contributed by atoms with Crippen LogP contribution in [0.25, 0.3) is 0 Å². The molecule has 0 radical (unpaired) electrons. The molecule has 0 bridgehead atoms. The van der Waals surface area contributed by atoms with Crippen molar-refractivity contribution in [1.82, 2.24) is 0 Å². The molecule has 0 spiro atoms. The SMILES string of the molecule is C[SiH2]CC[SiH3].C[SiH2]CC[SiH3].C[SiH2]CC[SiH3].C[SiH2]C[SiH3].C[SiH2]C[SiH3].C[SiH2]C[SiH3].[HH].[HH].[HH].[HH].[HH].[HH]. The molecule has 0 aliphatic carbocycles. The highest BCUT2D eigenvalue weighted by molar-refractivity contribution is 6.46. The molecule has 0 aromatic carbocycles. The van der Waals surface area contributed by atoms with Crippen LogP contribution in [0.15, 0.2) is 0 Å². The Morgan fingerprint density at radius 3 is 0.556 bits per heavy atom. The predicted molar refractivity (Wildman–Crippen MR) is 202 cm³/mol. The lowest BCUT2D eigenvalue weighted by molar-refractivity contribution is 1.44. The van der Waals surface area contributed by atoms with Crippen molar-refractivity contribution in [3.8, 4) is 0 Å². The molecule has 12 heteroatoms. The predicted octanol–water partition coefficient (Wildman–Crippen LogP) is -3.47. The van der Waals surface area contributed by atoms with Crippen LogP contribution in [0.3, 0.4) is 0 Å². The van der Waals surface area contributed by atoms with Gasteiger partial charge in [0.05, 0.1) is 0 Å². The van der Waals surface area contributed by atoms with Crippen LogP contribution in [-0.2, 0) is 0 Å². The molecule has 0 unspecified atom stereocenters. The highest BCUT2D eigenvalue weighted by Crippen LogP contribution is 1.79. The second-order valence-electron chi connectivity index (χ2n) is 7.06. The van der Waals surface area contributed by atoms with Crippen molar-refractivity contribution in [1.29, 1.82) is 0 Å². The van der Waals surface area contributed by atoms with Gasteiger partial charge in [-0.1, -0.05) is 92.5 Å². The van der Waals surface area contributed by atoms with E-state index in [9.17, 15) is 0 Å². The molecule has 0 aliphatic rings. The molecule has 0 saturated carbocycles. The van der Waals surface area contributed by atoms with Gasteiger partial charge in [0.25, 0.3) is 0 Å². The van der Waals surface area contributed by atoms with Crippen LogP contribution in [0.4, 0.5) is 0 Å². The average Bonchev–Trinajstić information content (AvgIpc) is 2.71. The van der Waals surface area contributed by atoms with E-state index in [4.69, 9.17) is 0 Å². The minimum Gasteiger partial charge on any atom is -0.0751 e. The van der Waals surface area contributed by atoms with Crippen LogP contribution in [0.1, 0.15) is 8.56 Å². The van der Waals surface area contributed by atoms with Gasteiger partial charge in [-0.25, -0.2) is 0 Å². The normalized spacial score (nSPS) is 11.3. The van der Waals surface area contributed by atoms with E-state index in [1.54, 1.807) is 53.3 Å². The van der Waals surface area contributed by atoms with Crippen LogP contribution >= 0.6 is 0 Å². The maximum absolute atomic E-state index is 2.37. The van der Waals surface area contributed by atoms with E-state index in [0.717, 1.165) is 0 Å². The summed E-state index contributed by atoms with van der Waals surface area (Å²) >= 11 is 0. The fraction of sp³-hybridized carbons (Fsp3) is 1.00. The van der Waals surface area contributed by atoms with Crippen molar-refractivity contribution in [2.45, 2.75) is 92.5 Å². The Balaban J connectivity index is -0.0000000155. The van der Waals surface area contributed by atoms with Gasteiger partial charge in [-0.15, -0.1) is 0 Å². The summed E-state index contributed by atoms with van der Waals surface area (Å²) in [5.74, 6) is 0. The lowest BCUT2D eigenvalue weighted by Crippen LogP contribution is -1.75.